The summed E-state index contributed by atoms with van der Waals surface area (Å²) in [7, 11) is 0. The summed E-state index contributed by atoms with van der Waals surface area (Å²) in [6.07, 6.45) is 3.70. The van der Waals surface area contributed by atoms with Gasteiger partial charge in [-0.05, 0) is 49.8 Å². The Labute approximate surface area is 124 Å². The van der Waals surface area contributed by atoms with Gasteiger partial charge in [0.05, 0.1) is 10.4 Å². The minimum absolute atomic E-state index is 0.00435. The summed E-state index contributed by atoms with van der Waals surface area (Å²) >= 11 is 5.84. The Bertz CT molecular complexity index is 497. The van der Waals surface area contributed by atoms with Crippen LogP contribution in [0.3, 0.4) is 0 Å². The average Bonchev–Trinajstić information content (AvgIpc) is 2.44. The van der Waals surface area contributed by atoms with E-state index >= 15 is 0 Å². The molecule has 4 nitrogen and oxygen atoms in total. The minimum atomic E-state index is -0.475. The summed E-state index contributed by atoms with van der Waals surface area (Å²) in [5.74, 6) is 0.615. The zero-order valence-electron chi connectivity index (χ0n) is 11.7. The van der Waals surface area contributed by atoms with Gasteiger partial charge in [0.25, 0.3) is 0 Å². The van der Waals surface area contributed by atoms with Crippen LogP contribution < -0.4 is 11.1 Å². The van der Waals surface area contributed by atoms with E-state index in [2.05, 4.69) is 12.2 Å². The standard InChI is InChI=1S/C15H21ClN2O2/c1-10-4-6-15(9-17,7-5-10)14(20)18-11-2-3-13(19)12(16)8-11/h2-3,8,10,19H,4-7,9,17H2,1H3,(H,18,20). The monoisotopic (exact) mass is 296 g/mol. The lowest BCUT2D eigenvalue weighted by Gasteiger charge is -2.37. The van der Waals surface area contributed by atoms with Crippen molar-refractivity contribution in [2.75, 3.05) is 11.9 Å². The summed E-state index contributed by atoms with van der Waals surface area (Å²) in [5, 5.41) is 12.5. The molecule has 20 heavy (non-hydrogen) atoms. The van der Waals surface area contributed by atoms with Crippen molar-refractivity contribution in [3.05, 3.63) is 23.2 Å². The number of nitrogens with one attached hydrogen (secondary N) is 1. The van der Waals surface area contributed by atoms with E-state index in [1.807, 2.05) is 0 Å². The number of hydrogen-bond acceptors (Lipinski definition) is 3. The molecule has 1 aromatic rings. The van der Waals surface area contributed by atoms with Gasteiger partial charge in [0.2, 0.25) is 5.91 Å². The Balaban J connectivity index is 2.11. The van der Waals surface area contributed by atoms with Crippen molar-refractivity contribution in [3.8, 4) is 5.75 Å². The number of phenolic OH excluding ortho intramolecular Hbond substituents is 1. The third-order valence-corrected chi connectivity index (χ3v) is 4.61. The summed E-state index contributed by atoms with van der Waals surface area (Å²) in [6, 6.07) is 4.65. The molecule has 1 amide bonds. The maximum Gasteiger partial charge on any atom is 0.231 e. The lowest BCUT2D eigenvalue weighted by molar-refractivity contribution is -0.127. The molecule has 4 N–H and O–H groups in total. The lowest BCUT2D eigenvalue weighted by atomic mass is 9.70. The van der Waals surface area contributed by atoms with E-state index in [1.165, 1.54) is 6.07 Å². The Hall–Kier alpha value is -1.26. The Morgan fingerprint density at radius 1 is 1.50 bits per heavy atom. The lowest BCUT2D eigenvalue weighted by Crippen LogP contribution is -2.44. The molecule has 5 heteroatoms. The van der Waals surface area contributed by atoms with Crippen LogP contribution in [0.1, 0.15) is 32.6 Å². The van der Waals surface area contributed by atoms with E-state index in [1.54, 1.807) is 12.1 Å². The second-order valence-corrected chi connectivity index (χ2v) is 6.19. The molecule has 1 fully saturated rings. The Kier molecular flexibility index (Phi) is 4.55. The topological polar surface area (TPSA) is 75.4 Å². The fourth-order valence-corrected chi connectivity index (χ4v) is 2.87. The van der Waals surface area contributed by atoms with Gasteiger partial charge >= 0.3 is 0 Å². The van der Waals surface area contributed by atoms with Crippen molar-refractivity contribution in [1.82, 2.24) is 0 Å². The van der Waals surface area contributed by atoms with Crippen LogP contribution in [0.15, 0.2) is 18.2 Å². The highest BCUT2D eigenvalue weighted by Crippen LogP contribution is 2.39. The molecule has 0 unspecified atom stereocenters. The smallest absolute Gasteiger partial charge is 0.231 e. The molecule has 0 bridgehead atoms. The van der Waals surface area contributed by atoms with Crippen molar-refractivity contribution in [1.29, 1.82) is 0 Å². The zero-order chi connectivity index (χ0) is 14.8. The second kappa shape index (κ2) is 6.02. The molecule has 0 radical (unpaired) electrons. The van der Waals surface area contributed by atoms with Crippen LogP contribution in [0.2, 0.25) is 5.02 Å². The third-order valence-electron chi connectivity index (χ3n) is 4.31. The van der Waals surface area contributed by atoms with Crippen LogP contribution >= 0.6 is 11.6 Å². The van der Waals surface area contributed by atoms with Crippen molar-refractivity contribution >= 4 is 23.2 Å². The predicted octanol–water partition coefficient (Wildman–Crippen LogP) is 3.14. The first-order chi connectivity index (χ1) is 9.47. The molecule has 0 spiro atoms. The van der Waals surface area contributed by atoms with Gasteiger partial charge in [0.15, 0.2) is 0 Å². The second-order valence-electron chi connectivity index (χ2n) is 5.79. The Morgan fingerprint density at radius 3 is 2.70 bits per heavy atom. The number of rotatable bonds is 3. The maximum absolute atomic E-state index is 12.5. The average molecular weight is 297 g/mol. The number of carbonyl (C=O) groups is 1. The molecule has 0 saturated heterocycles. The molecule has 0 heterocycles. The number of anilines is 1. The predicted molar refractivity (Wildman–Crippen MR) is 80.9 cm³/mol. The number of hydrogen-bond donors (Lipinski definition) is 3. The van der Waals surface area contributed by atoms with Gasteiger partial charge in [-0.3, -0.25) is 4.79 Å². The number of carbonyl (C=O) groups excluding carboxylic acids is 1. The van der Waals surface area contributed by atoms with Gasteiger partial charge in [-0.25, -0.2) is 0 Å². The van der Waals surface area contributed by atoms with Crippen LogP contribution in [0.4, 0.5) is 5.69 Å². The number of amides is 1. The first kappa shape index (κ1) is 15.1. The first-order valence-electron chi connectivity index (χ1n) is 6.97. The molecule has 0 atom stereocenters. The van der Waals surface area contributed by atoms with E-state index < -0.39 is 5.41 Å². The van der Waals surface area contributed by atoms with E-state index in [0.717, 1.165) is 25.7 Å². The Morgan fingerprint density at radius 2 is 2.15 bits per heavy atom. The van der Waals surface area contributed by atoms with E-state index in [4.69, 9.17) is 17.3 Å². The zero-order valence-corrected chi connectivity index (χ0v) is 12.4. The summed E-state index contributed by atoms with van der Waals surface area (Å²) in [5.41, 5.74) is 5.98. The quantitative estimate of drug-likeness (QED) is 0.750. The van der Waals surface area contributed by atoms with Gasteiger partial charge in [-0.2, -0.15) is 0 Å². The summed E-state index contributed by atoms with van der Waals surface area (Å²) in [4.78, 5) is 12.5. The van der Waals surface area contributed by atoms with Crippen LogP contribution in [0, 0.1) is 11.3 Å². The molecular formula is C15H21ClN2O2. The largest absolute Gasteiger partial charge is 0.506 e. The van der Waals surface area contributed by atoms with Crippen LogP contribution in [-0.2, 0) is 4.79 Å². The number of phenols is 1. The van der Waals surface area contributed by atoms with E-state index in [-0.39, 0.29) is 16.7 Å². The fraction of sp³-hybridized carbons (Fsp3) is 0.533. The highest BCUT2D eigenvalue weighted by Gasteiger charge is 2.39. The van der Waals surface area contributed by atoms with Crippen molar-refractivity contribution < 1.29 is 9.90 Å². The molecule has 1 aliphatic carbocycles. The highest BCUT2D eigenvalue weighted by molar-refractivity contribution is 6.32. The molecule has 1 saturated carbocycles. The third kappa shape index (κ3) is 3.07. The molecule has 2 rings (SSSR count). The fourth-order valence-electron chi connectivity index (χ4n) is 2.69. The highest BCUT2D eigenvalue weighted by atomic mass is 35.5. The van der Waals surface area contributed by atoms with Crippen molar-refractivity contribution in [3.63, 3.8) is 0 Å². The molecule has 110 valence electrons. The van der Waals surface area contributed by atoms with Gasteiger partial charge < -0.3 is 16.2 Å². The van der Waals surface area contributed by atoms with Gasteiger partial charge in [-0.15, -0.1) is 0 Å². The first-order valence-corrected chi connectivity index (χ1v) is 7.35. The minimum Gasteiger partial charge on any atom is -0.506 e. The summed E-state index contributed by atoms with van der Waals surface area (Å²) in [6.45, 7) is 2.56. The van der Waals surface area contributed by atoms with Crippen molar-refractivity contribution in [2.45, 2.75) is 32.6 Å². The van der Waals surface area contributed by atoms with Crippen LogP contribution in [0.5, 0.6) is 5.75 Å². The molecular weight excluding hydrogens is 276 g/mol. The van der Waals surface area contributed by atoms with Crippen LogP contribution in [-0.4, -0.2) is 17.6 Å². The number of benzene rings is 1. The van der Waals surface area contributed by atoms with Crippen LogP contribution in [0.25, 0.3) is 0 Å². The number of nitrogens with two attached hydrogens (primary N) is 1. The summed E-state index contributed by atoms with van der Waals surface area (Å²) < 4.78 is 0. The number of halogens is 1. The molecule has 0 aliphatic heterocycles. The SMILES string of the molecule is CC1CCC(CN)(C(=O)Nc2ccc(O)c(Cl)c2)CC1. The van der Waals surface area contributed by atoms with E-state index in [9.17, 15) is 9.90 Å². The normalized spacial score (nSPS) is 26.2. The van der Waals surface area contributed by atoms with Gasteiger partial charge in [-0.1, -0.05) is 18.5 Å². The maximum atomic E-state index is 12.5. The van der Waals surface area contributed by atoms with Gasteiger partial charge in [0, 0.05) is 12.2 Å². The molecule has 1 aliphatic rings. The number of aromatic hydroxyl groups is 1. The molecule has 1 aromatic carbocycles. The van der Waals surface area contributed by atoms with E-state index in [0.29, 0.717) is 18.2 Å². The van der Waals surface area contributed by atoms with Gasteiger partial charge in [0.1, 0.15) is 5.75 Å². The van der Waals surface area contributed by atoms with Crippen molar-refractivity contribution in [2.24, 2.45) is 17.1 Å². The molecule has 0 aromatic heterocycles.